The molecule has 0 fully saturated rings. The Kier molecular flexibility index (Phi) is 3.86. The Morgan fingerprint density at radius 2 is 2.29 bits per heavy atom. The third kappa shape index (κ3) is 2.43. The van der Waals surface area contributed by atoms with E-state index in [-0.39, 0.29) is 5.97 Å². The van der Waals surface area contributed by atoms with Crippen molar-refractivity contribution in [3.05, 3.63) is 32.7 Å². The van der Waals surface area contributed by atoms with E-state index in [2.05, 4.69) is 31.0 Å². The number of carbonyl (C=O) groups is 1. The number of aromatic nitrogens is 4. The second-order valence-electron chi connectivity index (χ2n) is 5.03. The van der Waals surface area contributed by atoms with Gasteiger partial charge in [0.15, 0.2) is 11.5 Å². The van der Waals surface area contributed by atoms with Crippen LogP contribution in [0.2, 0.25) is 0 Å². The molecule has 0 aromatic carbocycles. The molecule has 0 aliphatic heterocycles. The van der Waals surface area contributed by atoms with Gasteiger partial charge in [0.05, 0.1) is 16.9 Å². The summed E-state index contributed by atoms with van der Waals surface area (Å²) >= 11 is 6.34. The normalized spacial score (nSPS) is 11.5. The predicted molar refractivity (Wildman–Crippen MR) is 97.9 cm³/mol. The van der Waals surface area contributed by atoms with Crippen LogP contribution in [0.5, 0.6) is 0 Å². The average Bonchev–Trinajstić information content (AvgIpc) is 3.23. The van der Waals surface area contributed by atoms with Crippen LogP contribution in [0.4, 0.5) is 0 Å². The van der Waals surface area contributed by atoms with Crippen molar-refractivity contribution >= 4 is 60.4 Å². The molecular weight excluding hydrogens is 412 g/mol. The molecule has 0 aliphatic carbocycles. The number of hydrogen-bond acceptors (Lipinski definition) is 7. The van der Waals surface area contributed by atoms with Crippen LogP contribution in [0, 0.1) is 6.92 Å². The Balaban J connectivity index is 1.93. The number of halogens is 1. The minimum absolute atomic E-state index is 0.321. The molecule has 0 atom stereocenters. The lowest BCUT2D eigenvalue weighted by Crippen LogP contribution is -2.03. The van der Waals surface area contributed by atoms with Crippen LogP contribution in [-0.4, -0.2) is 32.2 Å². The van der Waals surface area contributed by atoms with Gasteiger partial charge in [-0.25, -0.2) is 19.3 Å². The highest BCUT2D eigenvalue weighted by molar-refractivity contribution is 9.10. The fourth-order valence-corrected chi connectivity index (χ4v) is 4.85. The molecule has 9 heteroatoms. The molecule has 0 N–H and O–H groups in total. The van der Waals surface area contributed by atoms with Crippen LogP contribution in [-0.2, 0) is 4.74 Å². The number of nitrogens with zero attached hydrogens (tertiary/aromatic N) is 4. The fraction of sp³-hybridized carbons (Fsp3) is 0.200. The Morgan fingerprint density at radius 3 is 3.00 bits per heavy atom. The van der Waals surface area contributed by atoms with Crippen LogP contribution >= 0.6 is 38.6 Å². The first kappa shape index (κ1) is 15.7. The van der Waals surface area contributed by atoms with Crippen molar-refractivity contribution in [1.82, 2.24) is 19.6 Å². The SMILES string of the molecule is CCOC(=O)c1sc2ncn3nc(-c4cc(Br)cs4)nc3c2c1C. The molecule has 4 aromatic rings. The fourth-order valence-electron chi connectivity index (χ4n) is 2.46. The standard InChI is InChI=1S/C15H11BrN4O2S2/c1-3-22-15(21)11-7(2)10-13-18-12(9-4-8(16)5-23-9)19-20(13)6-17-14(10)24-11/h4-6H,3H2,1-2H3. The van der Waals surface area contributed by atoms with E-state index in [1.165, 1.54) is 11.3 Å². The van der Waals surface area contributed by atoms with Gasteiger partial charge < -0.3 is 4.74 Å². The van der Waals surface area contributed by atoms with Crippen molar-refractivity contribution in [3.63, 3.8) is 0 Å². The van der Waals surface area contributed by atoms with E-state index in [1.807, 2.05) is 18.4 Å². The maximum Gasteiger partial charge on any atom is 0.348 e. The van der Waals surface area contributed by atoms with Crippen LogP contribution in [0.3, 0.4) is 0 Å². The number of fused-ring (bicyclic) bond motifs is 3. The lowest BCUT2D eigenvalue weighted by Gasteiger charge is -1.99. The largest absolute Gasteiger partial charge is 0.462 e. The highest BCUT2D eigenvalue weighted by atomic mass is 79.9. The van der Waals surface area contributed by atoms with E-state index in [9.17, 15) is 4.79 Å². The van der Waals surface area contributed by atoms with Crippen molar-refractivity contribution < 1.29 is 9.53 Å². The summed E-state index contributed by atoms with van der Waals surface area (Å²) in [6, 6.07) is 1.98. The molecule has 4 heterocycles. The Morgan fingerprint density at radius 1 is 1.46 bits per heavy atom. The molecule has 0 saturated carbocycles. The van der Waals surface area contributed by atoms with Crippen LogP contribution in [0.1, 0.15) is 22.2 Å². The zero-order chi connectivity index (χ0) is 16.8. The maximum absolute atomic E-state index is 12.1. The molecule has 4 rings (SSSR count). The number of aryl methyl sites for hydroxylation is 1. The highest BCUT2D eigenvalue weighted by Gasteiger charge is 2.21. The van der Waals surface area contributed by atoms with E-state index < -0.39 is 0 Å². The maximum atomic E-state index is 12.1. The molecule has 4 aromatic heterocycles. The first-order valence-electron chi connectivity index (χ1n) is 7.14. The molecule has 6 nitrogen and oxygen atoms in total. The third-order valence-corrected chi connectivity index (χ3v) is 6.38. The summed E-state index contributed by atoms with van der Waals surface area (Å²) in [5.41, 5.74) is 1.53. The molecule has 0 radical (unpaired) electrons. The summed E-state index contributed by atoms with van der Waals surface area (Å²) in [4.78, 5) is 23.5. The van der Waals surface area contributed by atoms with E-state index in [4.69, 9.17) is 4.74 Å². The van der Waals surface area contributed by atoms with Gasteiger partial charge in [0, 0.05) is 9.85 Å². The van der Waals surface area contributed by atoms with Gasteiger partial charge in [-0.15, -0.1) is 27.8 Å². The van der Waals surface area contributed by atoms with E-state index in [1.54, 1.807) is 29.1 Å². The lowest BCUT2D eigenvalue weighted by atomic mass is 10.2. The van der Waals surface area contributed by atoms with Gasteiger partial charge in [-0.1, -0.05) is 0 Å². The minimum Gasteiger partial charge on any atom is -0.462 e. The summed E-state index contributed by atoms with van der Waals surface area (Å²) in [6.07, 6.45) is 1.63. The molecule has 122 valence electrons. The smallest absolute Gasteiger partial charge is 0.348 e. The quantitative estimate of drug-likeness (QED) is 0.459. The van der Waals surface area contributed by atoms with E-state index >= 15 is 0 Å². The number of hydrogen-bond donors (Lipinski definition) is 0. The number of ether oxygens (including phenoxy) is 1. The molecule has 0 spiro atoms. The van der Waals surface area contributed by atoms with Crippen molar-refractivity contribution in [3.8, 4) is 10.7 Å². The topological polar surface area (TPSA) is 69.4 Å². The summed E-state index contributed by atoms with van der Waals surface area (Å²) in [5, 5.41) is 7.34. The second kappa shape index (κ2) is 5.91. The van der Waals surface area contributed by atoms with E-state index in [0.717, 1.165) is 25.1 Å². The van der Waals surface area contributed by atoms with Crippen molar-refractivity contribution in [2.75, 3.05) is 6.61 Å². The number of carbonyl (C=O) groups excluding carboxylic acids is 1. The van der Waals surface area contributed by atoms with Crippen LogP contribution < -0.4 is 0 Å². The average molecular weight is 423 g/mol. The zero-order valence-electron chi connectivity index (χ0n) is 12.7. The Bertz CT molecular complexity index is 1080. The molecule has 0 unspecified atom stereocenters. The molecule has 0 saturated heterocycles. The first-order valence-corrected chi connectivity index (χ1v) is 9.63. The van der Waals surface area contributed by atoms with Crippen molar-refractivity contribution in [2.45, 2.75) is 13.8 Å². The predicted octanol–water partition coefficient (Wildman–Crippen LogP) is 4.32. The third-order valence-electron chi connectivity index (χ3n) is 3.52. The molecule has 0 bridgehead atoms. The van der Waals surface area contributed by atoms with Gasteiger partial charge in [-0.3, -0.25) is 0 Å². The Hall–Kier alpha value is -1.84. The molecular formula is C15H11BrN4O2S2. The van der Waals surface area contributed by atoms with Gasteiger partial charge in [-0.2, -0.15) is 0 Å². The lowest BCUT2D eigenvalue weighted by molar-refractivity contribution is 0.0531. The van der Waals surface area contributed by atoms with Crippen LogP contribution in [0.25, 0.3) is 26.6 Å². The Labute approximate surface area is 153 Å². The molecule has 0 aliphatic rings. The molecule has 24 heavy (non-hydrogen) atoms. The number of esters is 1. The number of thiophene rings is 2. The van der Waals surface area contributed by atoms with Gasteiger partial charge in [-0.05, 0) is 41.4 Å². The van der Waals surface area contributed by atoms with Gasteiger partial charge in [0.1, 0.15) is 16.0 Å². The first-order chi connectivity index (χ1) is 11.6. The van der Waals surface area contributed by atoms with Crippen LogP contribution in [0.15, 0.2) is 22.2 Å². The second-order valence-corrected chi connectivity index (χ2v) is 7.86. The summed E-state index contributed by atoms with van der Waals surface area (Å²) < 4.78 is 7.78. The zero-order valence-corrected chi connectivity index (χ0v) is 16.0. The van der Waals surface area contributed by atoms with Gasteiger partial charge in [0.2, 0.25) is 0 Å². The number of rotatable bonds is 3. The molecule has 0 amide bonds. The van der Waals surface area contributed by atoms with Crippen molar-refractivity contribution in [1.29, 1.82) is 0 Å². The summed E-state index contributed by atoms with van der Waals surface area (Å²) in [5.74, 6) is 0.321. The summed E-state index contributed by atoms with van der Waals surface area (Å²) in [7, 11) is 0. The minimum atomic E-state index is -0.321. The van der Waals surface area contributed by atoms with Gasteiger partial charge >= 0.3 is 5.97 Å². The van der Waals surface area contributed by atoms with Crippen molar-refractivity contribution in [2.24, 2.45) is 0 Å². The summed E-state index contributed by atoms with van der Waals surface area (Å²) in [6.45, 7) is 4.03. The monoisotopic (exact) mass is 422 g/mol. The van der Waals surface area contributed by atoms with E-state index in [0.29, 0.717) is 23.0 Å². The van der Waals surface area contributed by atoms with Gasteiger partial charge in [0.25, 0.3) is 0 Å². The highest BCUT2D eigenvalue weighted by Crippen LogP contribution is 2.34.